The molecule has 1 aliphatic carbocycles. The van der Waals surface area contributed by atoms with Gasteiger partial charge >= 0.3 is 5.63 Å². The highest BCUT2D eigenvalue weighted by molar-refractivity contribution is 5.96. The minimum Gasteiger partial charge on any atom is -0.497 e. The van der Waals surface area contributed by atoms with Crippen LogP contribution < -0.4 is 15.7 Å². The summed E-state index contributed by atoms with van der Waals surface area (Å²) < 4.78 is 10.4. The largest absolute Gasteiger partial charge is 0.497 e. The van der Waals surface area contributed by atoms with Gasteiger partial charge in [0.25, 0.3) is 5.91 Å². The number of carbonyl (C=O) groups excluding carboxylic acids is 1. The van der Waals surface area contributed by atoms with Crippen molar-refractivity contribution in [3.05, 3.63) is 40.2 Å². The third-order valence-corrected chi connectivity index (χ3v) is 4.63. The van der Waals surface area contributed by atoms with Crippen molar-refractivity contribution in [1.82, 2.24) is 5.32 Å². The average Bonchev–Trinajstić information content (AvgIpc) is 2.55. The molecule has 1 heterocycles. The predicted molar refractivity (Wildman–Crippen MR) is 92.6 cm³/mol. The first kappa shape index (κ1) is 16.6. The Kier molecular flexibility index (Phi) is 5.18. The zero-order valence-corrected chi connectivity index (χ0v) is 14.0. The van der Waals surface area contributed by atoms with Crippen LogP contribution in [0.1, 0.15) is 55.3 Å². The highest BCUT2D eigenvalue weighted by atomic mass is 16.5. The Balaban J connectivity index is 1.81. The second kappa shape index (κ2) is 7.51. The van der Waals surface area contributed by atoms with Crippen LogP contribution in [-0.4, -0.2) is 19.1 Å². The number of hydrogen-bond donors (Lipinski definition) is 1. The molecular weight excluding hydrogens is 306 g/mol. The van der Waals surface area contributed by atoms with Gasteiger partial charge in [-0.1, -0.05) is 32.1 Å². The summed E-state index contributed by atoms with van der Waals surface area (Å²) >= 11 is 0. The summed E-state index contributed by atoms with van der Waals surface area (Å²) in [5.74, 6) is 0.268. The summed E-state index contributed by atoms with van der Waals surface area (Å²) in [5, 5.41) is 3.71. The molecule has 1 N–H and O–H groups in total. The number of nitrogens with one attached hydrogen (secondary N) is 1. The normalized spacial score (nSPS) is 16.4. The number of carbonyl (C=O) groups is 1. The first-order chi connectivity index (χ1) is 11.7. The van der Waals surface area contributed by atoms with E-state index < -0.39 is 5.63 Å². The molecule has 128 valence electrons. The fraction of sp³-hybridized carbons (Fsp3) is 0.474. The average molecular weight is 329 g/mol. The van der Waals surface area contributed by atoms with Crippen LogP contribution in [0.15, 0.2) is 33.5 Å². The molecule has 1 aromatic heterocycles. The Labute approximate surface area is 141 Å². The molecule has 3 rings (SSSR count). The molecule has 0 atom stereocenters. The van der Waals surface area contributed by atoms with Crippen molar-refractivity contribution in [2.24, 2.45) is 0 Å². The van der Waals surface area contributed by atoms with Gasteiger partial charge in [0.15, 0.2) is 0 Å². The number of rotatable bonds is 3. The van der Waals surface area contributed by atoms with Crippen molar-refractivity contribution in [2.75, 3.05) is 7.11 Å². The van der Waals surface area contributed by atoms with E-state index in [2.05, 4.69) is 5.32 Å². The van der Waals surface area contributed by atoms with Crippen molar-refractivity contribution in [1.29, 1.82) is 0 Å². The van der Waals surface area contributed by atoms with E-state index in [9.17, 15) is 9.59 Å². The lowest BCUT2D eigenvalue weighted by molar-refractivity contribution is 0.0927. The second-order valence-electron chi connectivity index (χ2n) is 6.37. The first-order valence-corrected chi connectivity index (χ1v) is 8.60. The van der Waals surface area contributed by atoms with Crippen molar-refractivity contribution >= 4 is 16.9 Å². The van der Waals surface area contributed by atoms with Crippen LogP contribution in [0.2, 0.25) is 0 Å². The van der Waals surface area contributed by atoms with Crippen LogP contribution in [0.3, 0.4) is 0 Å². The third kappa shape index (κ3) is 3.78. The van der Waals surface area contributed by atoms with E-state index in [4.69, 9.17) is 9.15 Å². The zero-order valence-electron chi connectivity index (χ0n) is 14.0. The molecule has 0 bridgehead atoms. The van der Waals surface area contributed by atoms with Gasteiger partial charge in [0.05, 0.1) is 7.11 Å². The molecule has 1 saturated carbocycles. The molecule has 0 unspecified atom stereocenters. The number of benzene rings is 1. The zero-order chi connectivity index (χ0) is 16.9. The smallest absolute Gasteiger partial charge is 0.349 e. The lowest BCUT2D eigenvalue weighted by Crippen LogP contribution is -2.37. The maximum Gasteiger partial charge on any atom is 0.349 e. The quantitative estimate of drug-likeness (QED) is 0.873. The van der Waals surface area contributed by atoms with Gasteiger partial charge in [-0.3, -0.25) is 4.79 Å². The highest BCUT2D eigenvalue weighted by Gasteiger charge is 2.19. The molecule has 5 nitrogen and oxygen atoms in total. The number of amides is 1. The van der Waals surface area contributed by atoms with E-state index in [-0.39, 0.29) is 17.5 Å². The number of fused-ring (bicyclic) bond motifs is 1. The number of hydrogen-bond acceptors (Lipinski definition) is 4. The molecule has 0 radical (unpaired) electrons. The summed E-state index contributed by atoms with van der Waals surface area (Å²) in [5.41, 5.74) is -0.129. The summed E-state index contributed by atoms with van der Waals surface area (Å²) in [6.07, 6.45) is 7.90. The minimum absolute atomic E-state index is 0.0646. The van der Waals surface area contributed by atoms with E-state index in [0.717, 1.165) is 25.7 Å². The lowest BCUT2D eigenvalue weighted by atomic mass is 9.96. The van der Waals surface area contributed by atoms with E-state index in [1.54, 1.807) is 31.4 Å². The molecule has 5 heteroatoms. The second-order valence-corrected chi connectivity index (χ2v) is 6.37. The third-order valence-electron chi connectivity index (χ3n) is 4.63. The molecule has 0 saturated heterocycles. The fourth-order valence-electron chi connectivity index (χ4n) is 3.24. The van der Waals surface area contributed by atoms with Gasteiger partial charge in [0.1, 0.15) is 16.9 Å². The van der Waals surface area contributed by atoms with Gasteiger partial charge in [-0.05, 0) is 31.0 Å². The molecule has 24 heavy (non-hydrogen) atoms. The standard InChI is InChI=1S/C19H23NO4/c1-23-15-10-9-13-11-16(19(22)24-17(13)12-15)18(21)20-14-7-5-3-2-4-6-8-14/h9-12,14H,2-8H2,1H3,(H,20,21). The predicted octanol–water partition coefficient (Wildman–Crippen LogP) is 3.64. The van der Waals surface area contributed by atoms with Gasteiger partial charge in [0, 0.05) is 17.5 Å². The van der Waals surface area contributed by atoms with E-state index in [1.165, 1.54) is 19.3 Å². The van der Waals surface area contributed by atoms with E-state index in [1.807, 2.05) is 0 Å². The topological polar surface area (TPSA) is 68.5 Å². The molecule has 2 aromatic rings. The van der Waals surface area contributed by atoms with Crippen LogP contribution in [0, 0.1) is 0 Å². The molecular formula is C19H23NO4. The van der Waals surface area contributed by atoms with Crippen molar-refractivity contribution < 1.29 is 13.9 Å². The molecule has 0 aliphatic heterocycles. The van der Waals surface area contributed by atoms with Crippen molar-refractivity contribution in [2.45, 2.75) is 51.0 Å². The van der Waals surface area contributed by atoms with Gasteiger partial charge in [-0.15, -0.1) is 0 Å². The molecule has 1 fully saturated rings. The van der Waals surface area contributed by atoms with Crippen LogP contribution in [0.25, 0.3) is 11.0 Å². The molecule has 1 amide bonds. The van der Waals surface area contributed by atoms with Crippen molar-refractivity contribution in [3.8, 4) is 5.75 Å². The number of ether oxygens (including phenoxy) is 1. The van der Waals surface area contributed by atoms with Gasteiger partial charge in [-0.25, -0.2) is 4.79 Å². The lowest BCUT2D eigenvalue weighted by Gasteiger charge is -2.20. The van der Waals surface area contributed by atoms with Crippen LogP contribution in [0.5, 0.6) is 5.75 Å². The maximum atomic E-state index is 12.5. The highest BCUT2D eigenvalue weighted by Crippen LogP contribution is 2.21. The van der Waals surface area contributed by atoms with Crippen LogP contribution in [0.4, 0.5) is 0 Å². The summed E-state index contributed by atoms with van der Waals surface area (Å²) in [7, 11) is 1.55. The van der Waals surface area contributed by atoms with Crippen LogP contribution >= 0.6 is 0 Å². The Morgan fingerprint density at radius 3 is 2.54 bits per heavy atom. The van der Waals surface area contributed by atoms with E-state index >= 15 is 0 Å². The Hall–Kier alpha value is -2.30. The van der Waals surface area contributed by atoms with Crippen molar-refractivity contribution in [3.63, 3.8) is 0 Å². The monoisotopic (exact) mass is 329 g/mol. The molecule has 0 spiro atoms. The van der Waals surface area contributed by atoms with E-state index in [0.29, 0.717) is 16.7 Å². The number of methoxy groups -OCH3 is 1. The Bertz CT molecular complexity index is 773. The molecule has 1 aliphatic rings. The minimum atomic E-state index is -0.612. The summed E-state index contributed by atoms with van der Waals surface area (Å²) in [6.45, 7) is 0. The molecule has 1 aromatic carbocycles. The SMILES string of the molecule is COc1ccc2cc(C(=O)NC3CCCCCCC3)c(=O)oc2c1. The van der Waals surface area contributed by atoms with Gasteiger partial charge < -0.3 is 14.5 Å². The maximum absolute atomic E-state index is 12.5. The first-order valence-electron chi connectivity index (χ1n) is 8.60. The summed E-state index contributed by atoms with van der Waals surface area (Å²) in [4.78, 5) is 24.7. The van der Waals surface area contributed by atoms with Crippen LogP contribution in [-0.2, 0) is 0 Å². The Morgan fingerprint density at radius 2 is 1.83 bits per heavy atom. The van der Waals surface area contributed by atoms with Gasteiger partial charge in [0.2, 0.25) is 0 Å². The Morgan fingerprint density at radius 1 is 1.12 bits per heavy atom. The summed E-state index contributed by atoms with van der Waals surface area (Å²) in [6, 6.07) is 6.94. The fourth-order valence-corrected chi connectivity index (χ4v) is 3.24. The van der Waals surface area contributed by atoms with Gasteiger partial charge in [-0.2, -0.15) is 0 Å².